The second-order valence-electron chi connectivity index (χ2n) is 5.70. The molecule has 1 amide bonds. The number of halogens is 1. The summed E-state index contributed by atoms with van der Waals surface area (Å²) in [4.78, 5) is 13.9. The van der Waals surface area contributed by atoms with Crippen molar-refractivity contribution in [3.05, 3.63) is 28.2 Å². The largest absolute Gasteiger partial charge is 0.370 e. The van der Waals surface area contributed by atoms with E-state index in [4.69, 9.17) is 5.73 Å². The van der Waals surface area contributed by atoms with Crippen LogP contribution < -0.4 is 16.0 Å². The van der Waals surface area contributed by atoms with Crippen LogP contribution in [0.4, 0.5) is 5.69 Å². The van der Waals surface area contributed by atoms with E-state index in [-0.39, 0.29) is 5.91 Å². The second kappa shape index (κ2) is 5.74. The molecule has 108 valence electrons. The minimum atomic E-state index is 0.216. The molecule has 2 saturated heterocycles. The van der Waals surface area contributed by atoms with Gasteiger partial charge in [-0.05, 0) is 52.4 Å². The van der Waals surface area contributed by atoms with Crippen molar-refractivity contribution in [3.8, 4) is 0 Å². The Morgan fingerprint density at radius 2 is 2.25 bits per heavy atom. The van der Waals surface area contributed by atoms with Crippen molar-refractivity contribution >= 4 is 27.5 Å². The van der Waals surface area contributed by atoms with Gasteiger partial charge in [0.1, 0.15) is 0 Å². The first kappa shape index (κ1) is 13.9. The van der Waals surface area contributed by atoms with E-state index in [1.165, 1.54) is 5.69 Å². The number of amides is 1. The number of anilines is 1. The van der Waals surface area contributed by atoms with Crippen molar-refractivity contribution in [1.29, 1.82) is 0 Å². The smallest absolute Gasteiger partial charge is 0.220 e. The first-order valence-electron chi connectivity index (χ1n) is 7.20. The summed E-state index contributed by atoms with van der Waals surface area (Å²) in [5, 5.41) is 3.13. The van der Waals surface area contributed by atoms with Gasteiger partial charge in [-0.15, -0.1) is 0 Å². The number of nitrogens with one attached hydrogen (secondary N) is 1. The van der Waals surface area contributed by atoms with Crippen LogP contribution in [-0.4, -0.2) is 25.0 Å². The normalized spacial score (nSPS) is 26.1. The highest BCUT2D eigenvalue weighted by molar-refractivity contribution is 9.10. The molecule has 3 rings (SSSR count). The third kappa shape index (κ3) is 2.69. The summed E-state index contributed by atoms with van der Waals surface area (Å²) in [6, 6.07) is 6.71. The van der Waals surface area contributed by atoms with E-state index in [0.717, 1.165) is 36.0 Å². The quantitative estimate of drug-likeness (QED) is 0.867. The van der Waals surface area contributed by atoms with Gasteiger partial charge in [0.25, 0.3) is 0 Å². The molecule has 3 N–H and O–H groups in total. The summed E-state index contributed by atoms with van der Waals surface area (Å²) < 4.78 is 1.11. The maximum atomic E-state index is 11.5. The molecule has 0 saturated carbocycles. The molecular formula is C15H20BrN3O. The average Bonchev–Trinajstić information content (AvgIpc) is 2.46. The lowest BCUT2D eigenvalue weighted by molar-refractivity contribution is -0.124. The van der Waals surface area contributed by atoms with Gasteiger partial charge in [-0.3, -0.25) is 4.79 Å². The molecule has 20 heavy (non-hydrogen) atoms. The summed E-state index contributed by atoms with van der Waals surface area (Å²) in [5.41, 5.74) is 8.05. The van der Waals surface area contributed by atoms with E-state index in [0.29, 0.717) is 24.9 Å². The Labute approximate surface area is 127 Å². The molecule has 1 aromatic rings. The molecule has 0 bridgehead atoms. The molecule has 4 nitrogen and oxygen atoms in total. The minimum Gasteiger partial charge on any atom is -0.370 e. The van der Waals surface area contributed by atoms with E-state index < -0.39 is 0 Å². The van der Waals surface area contributed by atoms with Crippen LogP contribution >= 0.6 is 15.9 Å². The van der Waals surface area contributed by atoms with Crippen molar-refractivity contribution in [2.24, 2.45) is 11.7 Å². The summed E-state index contributed by atoms with van der Waals surface area (Å²) in [6.45, 7) is 2.57. The number of hydrogen-bond donors (Lipinski definition) is 2. The zero-order valence-electron chi connectivity index (χ0n) is 11.4. The molecule has 2 unspecified atom stereocenters. The number of nitrogens with zero attached hydrogens (tertiary/aromatic N) is 1. The highest BCUT2D eigenvalue weighted by Crippen LogP contribution is 2.33. The number of carbonyl (C=O) groups is 1. The van der Waals surface area contributed by atoms with E-state index in [1.54, 1.807) is 0 Å². The Hall–Kier alpha value is -1.07. The van der Waals surface area contributed by atoms with E-state index in [2.05, 4.69) is 44.3 Å². The zero-order chi connectivity index (χ0) is 14.1. The number of fused-ring (bicyclic) bond motifs is 1. The lowest BCUT2D eigenvalue weighted by Gasteiger charge is -2.42. The fraction of sp³-hybridized carbons (Fsp3) is 0.533. The maximum Gasteiger partial charge on any atom is 0.220 e. The Balaban J connectivity index is 1.74. The van der Waals surface area contributed by atoms with Gasteiger partial charge in [0.05, 0.1) is 5.69 Å². The molecule has 2 atom stereocenters. The van der Waals surface area contributed by atoms with Crippen molar-refractivity contribution in [2.45, 2.75) is 31.8 Å². The third-order valence-electron chi connectivity index (χ3n) is 4.41. The lowest BCUT2D eigenvalue weighted by Crippen LogP contribution is -2.54. The molecule has 2 fully saturated rings. The molecule has 0 aromatic heterocycles. The van der Waals surface area contributed by atoms with Gasteiger partial charge in [-0.25, -0.2) is 0 Å². The molecule has 2 aliphatic rings. The number of benzene rings is 1. The van der Waals surface area contributed by atoms with Gasteiger partial charge in [0.2, 0.25) is 5.91 Å². The first-order chi connectivity index (χ1) is 9.67. The number of rotatable bonds is 2. The van der Waals surface area contributed by atoms with Crippen LogP contribution in [0.2, 0.25) is 0 Å². The zero-order valence-corrected chi connectivity index (χ0v) is 13.0. The fourth-order valence-corrected chi connectivity index (χ4v) is 3.94. The molecule has 5 heteroatoms. The topological polar surface area (TPSA) is 58.4 Å². The molecule has 1 aromatic carbocycles. The molecule has 0 aliphatic carbocycles. The fourth-order valence-electron chi connectivity index (χ4n) is 3.26. The number of nitrogens with two attached hydrogens (primary N) is 1. The van der Waals surface area contributed by atoms with Crippen molar-refractivity contribution < 1.29 is 4.79 Å². The van der Waals surface area contributed by atoms with Gasteiger partial charge in [-0.2, -0.15) is 0 Å². The lowest BCUT2D eigenvalue weighted by atomic mass is 9.85. The van der Waals surface area contributed by atoms with Gasteiger partial charge in [0, 0.05) is 36.6 Å². The monoisotopic (exact) mass is 337 g/mol. The summed E-state index contributed by atoms with van der Waals surface area (Å²) in [5.74, 6) is 0.788. The van der Waals surface area contributed by atoms with E-state index in [9.17, 15) is 4.79 Å². The van der Waals surface area contributed by atoms with E-state index in [1.807, 2.05) is 0 Å². The highest BCUT2D eigenvalue weighted by atomic mass is 79.9. The molecule has 2 heterocycles. The highest BCUT2D eigenvalue weighted by Gasteiger charge is 2.34. The minimum absolute atomic E-state index is 0.216. The van der Waals surface area contributed by atoms with Gasteiger partial charge in [-0.1, -0.05) is 6.07 Å². The predicted molar refractivity (Wildman–Crippen MR) is 83.5 cm³/mol. The summed E-state index contributed by atoms with van der Waals surface area (Å²) in [7, 11) is 0. The summed E-state index contributed by atoms with van der Waals surface area (Å²) in [6.07, 6.45) is 2.70. The molecular weight excluding hydrogens is 318 g/mol. The second-order valence-corrected chi connectivity index (χ2v) is 6.55. The van der Waals surface area contributed by atoms with Crippen LogP contribution in [0.1, 0.15) is 24.8 Å². The molecule has 0 spiro atoms. The predicted octanol–water partition coefficient (Wildman–Crippen LogP) is 2.01. The SMILES string of the molecule is NCc1ccc(N2CCC3NC(=O)CCC3C2)c(Br)c1. The molecule has 0 radical (unpaired) electrons. The number of carbonyl (C=O) groups excluding carboxylic acids is 1. The Morgan fingerprint density at radius 3 is 3.00 bits per heavy atom. The van der Waals surface area contributed by atoms with Gasteiger partial charge < -0.3 is 16.0 Å². The third-order valence-corrected chi connectivity index (χ3v) is 5.05. The Bertz CT molecular complexity index is 520. The van der Waals surface area contributed by atoms with Crippen LogP contribution in [0.15, 0.2) is 22.7 Å². The maximum absolute atomic E-state index is 11.5. The number of hydrogen-bond acceptors (Lipinski definition) is 3. The van der Waals surface area contributed by atoms with Crippen LogP contribution in [0, 0.1) is 5.92 Å². The average molecular weight is 338 g/mol. The first-order valence-corrected chi connectivity index (χ1v) is 7.99. The van der Waals surface area contributed by atoms with Crippen LogP contribution in [0.3, 0.4) is 0 Å². The van der Waals surface area contributed by atoms with Gasteiger partial charge in [0.15, 0.2) is 0 Å². The van der Waals surface area contributed by atoms with Crippen molar-refractivity contribution in [1.82, 2.24) is 5.32 Å². The van der Waals surface area contributed by atoms with Gasteiger partial charge >= 0.3 is 0 Å². The van der Waals surface area contributed by atoms with Crippen molar-refractivity contribution in [2.75, 3.05) is 18.0 Å². The van der Waals surface area contributed by atoms with Crippen molar-refractivity contribution in [3.63, 3.8) is 0 Å². The Morgan fingerprint density at radius 1 is 1.40 bits per heavy atom. The number of piperidine rings is 2. The summed E-state index contributed by atoms with van der Waals surface area (Å²) >= 11 is 3.65. The molecule has 2 aliphatic heterocycles. The van der Waals surface area contributed by atoms with Crippen LogP contribution in [-0.2, 0) is 11.3 Å². The van der Waals surface area contributed by atoms with Crippen LogP contribution in [0.5, 0.6) is 0 Å². The Kier molecular flexibility index (Phi) is 3.98. The van der Waals surface area contributed by atoms with Crippen LogP contribution in [0.25, 0.3) is 0 Å². The van der Waals surface area contributed by atoms with E-state index >= 15 is 0 Å². The standard InChI is InChI=1S/C15H20BrN3O/c16-12-7-10(8-17)1-3-14(12)19-6-5-13-11(9-19)2-4-15(20)18-13/h1,3,7,11,13H,2,4-6,8-9,17H2,(H,18,20).